The van der Waals surface area contributed by atoms with Gasteiger partial charge in [-0.25, -0.2) is 8.42 Å². The first-order valence-electron chi connectivity index (χ1n) is 5.41. The Morgan fingerprint density at radius 2 is 1.95 bits per heavy atom. The molecule has 19 heavy (non-hydrogen) atoms. The van der Waals surface area contributed by atoms with Crippen LogP contribution in [0.5, 0.6) is 0 Å². The molecule has 0 amide bonds. The molecule has 0 bridgehead atoms. The summed E-state index contributed by atoms with van der Waals surface area (Å²) < 4.78 is 26.9. The van der Waals surface area contributed by atoms with Gasteiger partial charge in [-0.2, -0.15) is 0 Å². The van der Waals surface area contributed by atoms with Crippen molar-refractivity contribution in [3.8, 4) is 0 Å². The van der Waals surface area contributed by atoms with E-state index in [1.54, 1.807) is 29.3 Å². The van der Waals surface area contributed by atoms with Crippen LogP contribution in [0.1, 0.15) is 4.88 Å². The zero-order chi connectivity index (χ0) is 13.9. The average Bonchev–Trinajstić information content (AvgIpc) is 2.88. The number of benzene rings is 1. The molecule has 0 aliphatic rings. The van der Waals surface area contributed by atoms with E-state index in [2.05, 4.69) is 4.72 Å². The summed E-state index contributed by atoms with van der Waals surface area (Å²) in [6.45, 7) is -0.278. The summed E-state index contributed by atoms with van der Waals surface area (Å²) >= 11 is 2.81. The SMILES string of the molecule is CSc1ccc(NS(=O)(=O)c2ccsc2CO)cc1. The topological polar surface area (TPSA) is 66.4 Å². The van der Waals surface area contributed by atoms with E-state index in [9.17, 15) is 8.42 Å². The molecule has 2 N–H and O–H groups in total. The van der Waals surface area contributed by atoms with Crippen molar-refractivity contribution in [1.29, 1.82) is 0 Å². The second kappa shape index (κ2) is 5.96. The highest BCUT2D eigenvalue weighted by Gasteiger charge is 2.19. The number of thioether (sulfide) groups is 1. The van der Waals surface area contributed by atoms with Gasteiger partial charge in [-0.05, 0) is 42.0 Å². The van der Waals surface area contributed by atoms with Crippen molar-refractivity contribution < 1.29 is 13.5 Å². The molecular formula is C12H13NO3S3. The Kier molecular flexibility index (Phi) is 4.51. The van der Waals surface area contributed by atoms with E-state index >= 15 is 0 Å². The van der Waals surface area contributed by atoms with Crippen molar-refractivity contribution in [2.24, 2.45) is 0 Å². The lowest BCUT2D eigenvalue weighted by Gasteiger charge is -2.08. The van der Waals surface area contributed by atoms with Gasteiger partial charge in [0.25, 0.3) is 10.0 Å². The van der Waals surface area contributed by atoms with Crippen LogP contribution in [0.3, 0.4) is 0 Å². The lowest BCUT2D eigenvalue weighted by molar-refractivity contribution is 0.282. The summed E-state index contributed by atoms with van der Waals surface area (Å²) in [6, 6.07) is 8.63. The van der Waals surface area contributed by atoms with Crippen LogP contribution in [-0.2, 0) is 16.6 Å². The van der Waals surface area contributed by atoms with Crippen molar-refractivity contribution in [2.75, 3.05) is 11.0 Å². The molecule has 0 unspecified atom stereocenters. The third-order valence-corrected chi connectivity index (χ3v) is 5.72. The van der Waals surface area contributed by atoms with Gasteiger partial charge in [0.2, 0.25) is 0 Å². The molecule has 0 spiro atoms. The summed E-state index contributed by atoms with van der Waals surface area (Å²) in [5, 5.41) is 10.8. The van der Waals surface area contributed by atoms with Gasteiger partial charge in [0.15, 0.2) is 0 Å². The molecule has 0 saturated carbocycles. The molecule has 1 heterocycles. The maximum Gasteiger partial charge on any atom is 0.263 e. The molecule has 0 aliphatic heterocycles. The van der Waals surface area contributed by atoms with Crippen molar-refractivity contribution in [3.05, 3.63) is 40.6 Å². The highest BCUT2D eigenvalue weighted by molar-refractivity contribution is 7.98. The van der Waals surface area contributed by atoms with Gasteiger partial charge in [-0.1, -0.05) is 0 Å². The molecule has 102 valence electrons. The van der Waals surface area contributed by atoms with Gasteiger partial charge in [0, 0.05) is 10.6 Å². The largest absolute Gasteiger partial charge is 0.391 e. The molecular weight excluding hydrogens is 302 g/mol. The van der Waals surface area contributed by atoms with Crippen LogP contribution in [0.15, 0.2) is 45.5 Å². The van der Waals surface area contributed by atoms with E-state index in [1.807, 2.05) is 18.4 Å². The normalized spacial score (nSPS) is 11.5. The Bertz CT molecular complexity index is 647. The molecule has 1 aromatic heterocycles. The minimum absolute atomic E-state index is 0.133. The quantitative estimate of drug-likeness (QED) is 0.833. The minimum Gasteiger partial charge on any atom is -0.391 e. The minimum atomic E-state index is -3.64. The Morgan fingerprint density at radius 1 is 1.26 bits per heavy atom. The summed E-state index contributed by atoms with van der Waals surface area (Å²) in [4.78, 5) is 1.64. The Hall–Kier alpha value is -1.02. The Balaban J connectivity index is 2.26. The highest BCUT2D eigenvalue weighted by atomic mass is 32.2. The third-order valence-electron chi connectivity index (χ3n) is 2.48. The maximum atomic E-state index is 12.2. The lowest BCUT2D eigenvalue weighted by Crippen LogP contribution is -2.13. The first-order chi connectivity index (χ1) is 9.06. The number of thiophene rings is 1. The van der Waals surface area contributed by atoms with Gasteiger partial charge in [0.05, 0.1) is 11.5 Å². The average molecular weight is 315 g/mol. The number of hydrogen-bond donors (Lipinski definition) is 2. The summed E-state index contributed by atoms with van der Waals surface area (Å²) in [5.41, 5.74) is 0.507. The zero-order valence-corrected chi connectivity index (χ0v) is 12.6. The van der Waals surface area contributed by atoms with E-state index in [1.165, 1.54) is 17.4 Å². The lowest BCUT2D eigenvalue weighted by atomic mass is 10.3. The maximum absolute atomic E-state index is 12.2. The van der Waals surface area contributed by atoms with Crippen LogP contribution in [-0.4, -0.2) is 19.8 Å². The van der Waals surface area contributed by atoms with E-state index in [0.29, 0.717) is 10.6 Å². The number of aliphatic hydroxyl groups is 1. The highest BCUT2D eigenvalue weighted by Crippen LogP contribution is 2.25. The fourth-order valence-corrected chi connectivity index (χ4v) is 4.32. The first kappa shape index (κ1) is 14.4. The van der Waals surface area contributed by atoms with Crippen molar-refractivity contribution >= 4 is 38.8 Å². The molecule has 1 aromatic carbocycles. The van der Waals surface area contributed by atoms with Crippen molar-refractivity contribution in [1.82, 2.24) is 0 Å². The molecule has 0 atom stereocenters. The second-order valence-corrected chi connectivity index (χ2v) is 7.23. The monoisotopic (exact) mass is 315 g/mol. The third kappa shape index (κ3) is 3.30. The van der Waals surface area contributed by atoms with Gasteiger partial charge in [-0.3, -0.25) is 4.72 Å². The molecule has 2 rings (SSSR count). The predicted octanol–water partition coefficient (Wildman–Crippen LogP) is 2.76. The Labute approximate surface area is 120 Å². The Morgan fingerprint density at radius 3 is 2.53 bits per heavy atom. The summed E-state index contributed by atoms with van der Waals surface area (Å²) in [7, 11) is -3.64. The van der Waals surface area contributed by atoms with Crippen LogP contribution >= 0.6 is 23.1 Å². The molecule has 7 heteroatoms. The second-order valence-electron chi connectivity index (χ2n) is 3.70. The standard InChI is InChI=1S/C12H13NO3S3/c1-17-10-4-2-9(3-5-10)13-19(15,16)12-6-7-18-11(12)8-14/h2-7,13-14H,8H2,1H3. The van der Waals surface area contributed by atoms with Gasteiger partial charge in [-0.15, -0.1) is 23.1 Å². The van der Waals surface area contributed by atoms with Crippen molar-refractivity contribution in [3.63, 3.8) is 0 Å². The molecule has 0 aliphatic carbocycles. The number of anilines is 1. The molecule has 4 nitrogen and oxygen atoms in total. The number of rotatable bonds is 5. The predicted molar refractivity (Wildman–Crippen MR) is 79.3 cm³/mol. The first-order valence-corrected chi connectivity index (χ1v) is 8.99. The fourth-order valence-electron chi connectivity index (χ4n) is 1.55. The fraction of sp³-hybridized carbons (Fsp3) is 0.167. The van der Waals surface area contributed by atoms with Crippen LogP contribution in [0, 0.1) is 0 Å². The van der Waals surface area contributed by atoms with Crippen molar-refractivity contribution in [2.45, 2.75) is 16.4 Å². The van der Waals surface area contributed by atoms with Crippen LogP contribution in [0.4, 0.5) is 5.69 Å². The summed E-state index contributed by atoms with van der Waals surface area (Å²) in [5.74, 6) is 0. The van der Waals surface area contributed by atoms with E-state index in [-0.39, 0.29) is 11.5 Å². The number of hydrogen-bond acceptors (Lipinski definition) is 5. The van der Waals surface area contributed by atoms with Crippen LogP contribution in [0.25, 0.3) is 0 Å². The molecule has 0 fully saturated rings. The van der Waals surface area contributed by atoms with Gasteiger partial charge < -0.3 is 5.11 Å². The van der Waals surface area contributed by atoms with Crippen LogP contribution in [0.2, 0.25) is 0 Å². The van der Waals surface area contributed by atoms with Gasteiger partial charge in [0.1, 0.15) is 4.90 Å². The van der Waals surface area contributed by atoms with Gasteiger partial charge >= 0.3 is 0 Å². The van der Waals surface area contributed by atoms with Crippen LogP contribution < -0.4 is 4.72 Å². The molecule has 0 saturated heterocycles. The summed E-state index contributed by atoms with van der Waals surface area (Å²) in [6.07, 6.45) is 1.96. The molecule has 2 aromatic rings. The number of aliphatic hydroxyl groups excluding tert-OH is 1. The molecule has 0 radical (unpaired) electrons. The van der Waals surface area contributed by atoms with E-state index < -0.39 is 10.0 Å². The van der Waals surface area contributed by atoms with E-state index in [4.69, 9.17) is 5.11 Å². The van der Waals surface area contributed by atoms with E-state index in [0.717, 1.165) is 4.90 Å². The smallest absolute Gasteiger partial charge is 0.263 e. The zero-order valence-electron chi connectivity index (χ0n) is 10.2. The number of sulfonamides is 1. The number of nitrogens with one attached hydrogen (secondary N) is 1.